The first-order chi connectivity index (χ1) is 15.3. The minimum absolute atomic E-state index is 0.0249. The standard InChI is InChI=1S/C25H28F3N3S/c1-31(2)21-14-8-7-13-20(21)29-24(32)30-23(25(26,27)28)22-18-11-5-3-9-16(18)15-17-10-4-6-12-19(17)22/h3-6,9-12,15,20-21,23H,7-8,13-14H2,1-2H3,(H2,29,30,32)/t20-,21-,23-/m0/s1. The van der Waals surface area contributed by atoms with E-state index in [2.05, 4.69) is 15.5 Å². The Balaban J connectivity index is 1.72. The topological polar surface area (TPSA) is 27.3 Å². The molecule has 1 aliphatic carbocycles. The minimum Gasteiger partial charge on any atom is -0.358 e. The van der Waals surface area contributed by atoms with Crippen molar-refractivity contribution >= 4 is 38.9 Å². The molecule has 3 aromatic rings. The van der Waals surface area contributed by atoms with Gasteiger partial charge in [-0.1, -0.05) is 61.4 Å². The van der Waals surface area contributed by atoms with Crippen LogP contribution in [0, 0.1) is 0 Å². The SMILES string of the molecule is CN(C)[C@H]1CCCC[C@@H]1NC(=S)N[C@@H](c1c2ccccc2cc2ccccc12)C(F)(F)F. The van der Waals surface area contributed by atoms with Gasteiger partial charge < -0.3 is 15.5 Å². The molecule has 0 amide bonds. The van der Waals surface area contributed by atoms with E-state index >= 15 is 0 Å². The van der Waals surface area contributed by atoms with Gasteiger partial charge in [-0.25, -0.2) is 0 Å². The van der Waals surface area contributed by atoms with Crippen LogP contribution in [-0.2, 0) is 0 Å². The van der Waals surface area contributed by atoms with E-state index in [1.165, 1.54) is 0 Å². The molecule has 170 valence electrons. The molecule has 0 heterocycles. The Bertz CT molecular complexity index is 1060. The van der Waals surface area contributed by atoms with E-state index < -0.39 is 12.2 Å². The Hall–Kier alpha value is -2.38. The van der Waals surface area contributed by atoms with E-state index in [0.29, 0.717) is 10.8 Å². The molecule has 0 saturated heterocycles. The van der Waals surface area contributed by atoms with Crippen molar-refractivity contribution in [2.24, 2.45) is 0 Å². The molecule has 1 saturated carbocycles. The average Bonchev–Trinajstić information content (AvgIpc) is 2.75. The van der Waals surface area contributed by atoms with Crippen molar-refractivity contribution in [2.45, 2.75) is 50.0 Å². The lowest BCUT2D eigenvalue weighted by Crippen LogP contribution is -2.54. The number of halogens is 3. The van der Waals surface area contributed by atoms with Gasteiger partial charge in [0.05, 0.1) is 0 Å². The lowest BCUT2D eigenvalue weighted by molar-refractivity contribution is -0.153. The normalized spacial score (nSPS) is 20.4. The maximum atomic E-state index is 14.4. The summed E-state index contributed by atoms with van der Waals surface area (Å²) in [7, 11) is 4.00. The van der Waals surface area contributed by atoms with Gasteiger partial charge in [-0.3, -0.25) is 0 Å². The molecule has 0 unspecified atom stereocenters. The zero-order valence-corrected chi connectivity index (χ0v) is 19.1. The van der Waals surface area contributed by atoms with Crippen LogP contribution in [-0.4, -0.2) is 42.4 Å². The molecule has 4 rings (SSSR count). The molecule has 32 heavy (non-hydrogen) atoms. The summed E-state index contributed by atoms with van der Waals surface area (Å²) in [5, 5.41) is 8.58. The maximum Gasteiger partial charge on any atom is 0.412 e. The molecule has 1 fully saturated rings. The van der Waals surface area contributed by atoms with Gasteiger partial charge in [0, 0.05) is 12.1 Å². The number of nitrogens with one attached hydrogen (secondary N) is 2. The molecular weight excluding hydrogens is 431 g/mol. The number of benzene rings is 3. The quantitative estimate of drug-likeness (QED) is 0.373. The van der Waals surface area contributed by atoms with Crippen molar-refractivity contribution in [1.29, 1.82) is 0 Å². The van der Waals surface area contributed by atoms with Crippen LogP contribution in [0.25, 0.3) is 21.5 Å². The summed E-state index contributed by atoms with van der Waals surface area (Å²) in [5.41, 5.74) is 0.211. The number of nitrogens with zero attached hydrogens (tertiary/aromatic N) is 1. The molecule has 0 aliphatic heterocycles. The molecule has 1 aliphatic rings. The minimum atomic E-state index is -4.52. The van der Waals surface area contributed by atoms with E-state index in [0.717, 1.165) is 36.5 Å². The summed E-state index contributed by atoms with van der Waals surface area (Å²) in [6.45, 7) is 0. The first-order valence-corrected chi connectivity index (χ1v) is 11.4. The van der Waals surface area contributed by atoms with Crippen molar-refractivity contribution < 1.29 is 13.2 Å². The molecule has 0 bridgehead atoms. The van der Waals surface area contributed by atoms with Crippen LogP contribution < -0.4 is 10.6 Å². The Morgan fingerprint density at radius 2 is 1.53 bits per heavy atom. The van der Waals surface area contributed by atoms with Gasteiger partial charge in [-0.2, -0.15) is 13.2 Å². The van der Waals surface area contributed by atoms with Crippen LogP contribution in [0.3, 0.4) is 0 Å². The zero-order valence-electron chi connectivity index (χ0n) is 18.2. The molecule has 3 atom stereocenters. The number of alkyl halides is 3. The van der Waals surface area contributed by atoms with Crippen molar-refractivity contribution in [3.63, 3.8) is 0 Å². The van der Waals surface area contributed by atoms with E-state index in [1.807, 2.05) is 44.4 Å². The van der Waals surface area contributed by atoms with E-state index in [9.17, 15) is 13.2 Å². The summed E-state index contributed by atoms with van der Waals surface area (Å²) in [4.78, 5) is 2.12. The van der Waals surface area contributed by atoms with E-state index in [4.69, 9.17) is 12.2 Å². The van der Waals surface area contributed by atoms with Gasteiger partial charge in [-0.05, 0) is 72.3 Å². The van der Waals surface area contributed by atoms with Gasteiger partial charge in [0.2, 0.25) is 0 Å². The summed E-state index contributed by atoms with van der Waals surface area (Å²) >= 11 is 5.42. The van der Waals surface area contributed by atoms with Crippen LogP contribution in [0.5, 0.6) is 0 Å². The first-order valence-electron chi connectivity index (χ1n) is 11.0. The number of likely N-dealkylation sites (N-methyl/N-ethyl adjacent to an activating group) is 1. The van der Waals surface area contributed by atoms with Crippen molar-refractivity contribution in [3.05, 3.63) is 60.2 Å². The fourth-order valence-electron chi connectivity index (χ4n) is 4.92. The molecular formula is C25H28F3N3S. The van der Waals surface area contributed by atoms with Gasteiger partial charge in [0.15, 0.2) is 11.2 Å². The molecule has 0 aromatic heterocycles. The molecule has 0 radical (unpaired) electrons. The van der Waals surface area contributed by atoms with Crippen molar-refractivity contribution in [1.82, 2.24) is 15.5 Å². The number of hydrogen-bond acceptors (Lipinski definition) is 2. The third-order valence-electron chi connectivity index (χ3n) is 6.41. The zero-order chi connectivity index (χ0) is 22.9. The summed E-state index contributed by atoms with van der Waals surface area (Å²) in [5.74, 6) is 0. The fourth-order valence-corrected chi connectivity index (χ4v) is 5.19. The Morgan fingerprint density at radius 1 is 0.969 bits per heavy atom. The Labute approximate surface area is 192 Å². The highest BCUT2D eigenvalue weighted by molar-refractivity contribution is 7.80. The Kier molecular flexibility index (Phi) is 6.58. The molecule has 0 spiro atoms. The van der Waals surface area contributed by atoms with E-state index in [-0.39, 0.29) is 22.8 Å². The second kappa shape index (κ2) is 9.24. The van der Waals surface area contributed by atoms with Crippen molar-refractivity contribution in [3.8, 4) is 0 Å². The van der Waals surface area contributed by atoms with Crippen LogP contribution >= 0.6 is 12.2 Å². The fraction of sp³-hybridized carbons (Fsp3) is 0.400. The van der Waals surface area contributed by atoms with Gasteiger partial charge >= 0.3 is 6.18 Å². The maximum absolute atomic E-state index is 14.4. The molecule has 3 aromatic carbocycles. The van der Waals surface area contributed by atoms with Crippen LogP contribution in [0.15, 0.2) is 54.6 Å². The first kappa shape index (κ1) is 22.8. The summed E-state index contributed by atoms with van der Waals surface area (Å²) in [6, 6.07) is 14.7. The van der Waals surface area contributed by atoms with Crippen LogP contribution in [0.2, 0.25) is 0 Å². The summed E-state index contributed by atoms with van der Waals surface area (Å²) < 4.78 is 43.3. The van der Waals surface area contributed by atoms with Gasteiger partial charge in [-0.15, -0.1) is 0 Å². The van der Waals surface area contributed by atoms with Gasteiger partial charge in [0.1, 0.15) is 0 Å². The second-order valence-corrected chi connectivity index (χ2v) is 9.16. The second-order valence-electron chi connectivity index (χ2n) is 8.75. The molecule has 3 nitrogen and oxygen atoms in total. The highest BCUT2D eigenvalue weighted by atomic mass is 32.1. The van der Waals surface area contributed by atoms with Crippen molar-refractivity contribution in [2.75, 3.05) is 14.1 Å². The number of rotatable bonds is 4. The largest absolute Gasteiger partial charge is 0.412 e. The predicted octanol–water partition coefficient (Wildman–Crippen LogP) is 5.93. The lowest BCUT2D eigenvalue weighted by atomic mass is 9.89. The third-order valence-corrected chi connectivity index (χ3v) is 6.65. The van der Waals surface area contributed by atoms with E-state index in [1.54, 1.807) is 24.3 Å². The Morgan fingerprint density at radius 3 is 2.09 bits per heavy atom. The number of thiocarbonyl (C=S) groups is 1. The number of fused-ring (bicyclic) bond motifs is 2. The monoisotopic (exact) mass is 459 g/mol. The molecule has 7 heteroatoms. The highest BCUT2D eigenvalue weighted by Crippen LogP contribution is 2.40. The average molecular weight is 460 g/mol. The highest BCUT2D eigenvalue weighted by Gasteiger charge is 2.43. The molecule has 2 N–H and O–H groups in total. The third kappa shape index (κ3) is 4.69. The number of hydrogen-bond donors (Lipinski definition) is 2. The van der Waals surface area contributed by atoms with Crippen LogP contribution in [0.4, 0.5) is 13.2 Å². The van der Waals surface area contributed by atoms with Gasteiger partial charge in [0.25, 0.3) is 0 Å². The predicted molar refractivity (Wildman–Crippen MR) is 129 cm³/mol. The van der Waals surface area contributed by atoms with Crippen LogP contribution in [0.1, 0.15) is 37.3 Å². The summed E-state index contributed by atoms with van der Waals surface area (Å²) in [6.07, 6.45) is -0.468. The smallest absolute Gasteiger partial charge is 0.358 e. The lowest BCUT2D eigenvalue weighted by Gasteiger charge is -2.37.